The van der Waals surface area contributed by atoms with Crippen LogP contribution in [0.3, 0.4) is 0 Å². The molecule has 0 unspecified atom stereocenters. The molecule has 0 saturated heterocycles. The molecular formula is C16H22N2O3S. The molecule has 1 N–H and O–H groups in total. The third-order valence-electron chi connectivity index (χ3n) is 3.98. The van der Waals surface area contributed by atoms with Crippen LogP contribution in [0.15, 0.2) is 27.9 Å². The first kappa shape index (κ1) is 16.7. The van der Waals surface area contributed by atoms with E-state index >= 15 is 0 Å². The molecule has 0 radical (unpaired) electrons. The molecule has 2 aromatic rings. The topological polar surface area (TPSA) is 72.2 Å². The van der Waals surface area contributed by atoms with Crippen molar-refractivity contribution in [1.82, 2.24) is 9.88 Å². The second kappa shape index (κ2) is 6.62. The van der Waals surface area contributed by atoms with Gasteiger partial charge in [-0.3, -0.25) is 0 Å². The minimum atomic E-state index is -3.50. The maximum absolute atomic E-state index is 12.6. The van der Waals surface area contributed by atoms with Crippen LogP contribution in [0.2, 0.25) is 0 Å². The highest BCUT2D eigenvalue weighted by atomic mass is 32.2. The first-order chi connectivity index (χ1) is 10.3. The summed E-state index contributed by atoms with van der Waals surface area (Å²) in [5.74, 6) is 0. The quantitative estimate of drug-likeness (QED) is 0.830. The van der Waals surface area contributed by atoms with E-state index in [-0.39, 0.29) is 0 Å². The van der Waals surface area contributed by atoms with E-state index in [1.54, 1.807) is 12.5 Å². The van der Waals surface area contributed by atoms with E-state index in [4.69, 9.17) is 4.52 Å². The van der Waals surface area contributed by atoms with Crippen molar-refractivity contribution in [3.63, 3.8) is 0 Å². The van der Waals surface area contributed by atoms with Crippen LogP contribution >= 0.6 is 0 Å². The number of hydrogen-bond acceptors (Lipinski definition) is 4. The van der Waals surface area contributed by atoms with E-state index in [0.29, 0.717) is 17.9 Å². The fourth-order valence-corrected chi connectivity index (χ4v) is 4.19. The van der Waals surface area contributed by atoms with Crippen LogP contribution in [-0.4, -0.2) is 20.1 Å². The van der Waals surface area contributed by atoms with Crippen LogP contribution in [0, 0.1) is 27.7 Å². The van der Waals surface area contributed by atoms with E-state index in [9.17, 15) is 8.42 Å². The molecule has 0 aliphatic heterocycles. The predicted octanol–water partition coefficient (Wildman–Crippen LogP) is 2.82. The number of rotatable bonds is 6. The van der Waals surface area contributed by atoms with Crippen molar-refractivity contribution < 1.29 is 12.9 Å². The van der Waals surface area contributed by atoms with E-state index in [0.717, 1.165) is 34.2 Å². The lowest BCUT2D eigenvalue weighted by molar-refractivity contribution is 0.418. The highest BCUT2D eigenvalue weighted by Crippen LogP contribution is 2.25. The summed E-state index contributed by atoms with van der Waals surface area (Å²) >= 11 is 0. The number of hydrogen-bond donors (Lipinski definition) is 1. The zero-order valence-corrected chi connectivity index (χ0v) is 14.3. The van der Waals surface area contributed by atoms with Gasteiger partial charge in [0.2, 0.25) is 10.0 Å². The zero-order chi connectivity index (χ0) is 16.3. The average Bonchev–Trinajstić information content (AvgIpc) is 2.95. The fourth-order valence-electron chi connectivity index (χ4n) is 2.51. The number of nitrogens with one attached hydrogen (secondary N) is 1. The maximum atomic E-state index is 12.6. The monoisotopic (exact) mass is 322 g/mol. The lowest BCUT2D eigenvalue weighted by Crippen LogP contribution is -2.27. The Morgan fingerprint density at radius 3 is 2.32 bits per heavy atom. The number of aryl methyl sites for hydroxylation is 3. The van der Waals surface area contributed by atoms with Gasteiger partial charge in [0.1, 0.15) is 6.26 Å². The van der Waals surface area contributed by atoms with Gasteiger partial charge in [0, 0.05) is 12.1 Å². The SMILES string of the molecule is Cc1cc(C)c(C)c(S(=O)(=O)NCCCc2cnoc2)c1C. The third kappa shape index (κ3) is 3.56. The van der Waals surface area contributed by atoms with Crippen LogP contribution in [0.5, 0.6) is 0 Å². The summed E-state index contributed by atoms with van der Waals surface area (Å²) in [6.45, 7) is 7.97. The molecule has 0 amide bonds. The lowest BCUT2D eigenvalue weighted by atomic mass is 10.0. The standard InChI is InChI=1S/C16H22N2O3S/c1-11-8-12(2)14(4)16(13(11)3)22(19,20)18-7-5-6-15-9-17-21-10-15/h8-10,18H,5-7H2,1-4H3. The van der Waals surface area contributed by atoms with Crippen LogP contribution in [-0.2, 0) is 16.4 Å². The Morgan fingerprint density at radius 1 is 1.14 bits per heavy atom. The summed E-state index contributed by atoms with van der Waals surface area (Å²) in [5.41, 5.74) is 4.59. The van der Waals surface area contributed by atoms with Crippen molar-refractivity contribution in [2.45, 2.75) is 45.4 Å². The van der Waals surface area contributed by atoms with Crippen molar-refractivity contribution in [2.75, 3.05) is 6.54 Å². The molecule has 0 bridgehead atoms. The molecule has 0 fully saturated rings. The van der Waals surface area contributed by atoms with E-state index in [2.05, 4.69) is 9.88 Å². The molecule has 0 atom stereocenters. The van der Waals surface area contributed by atoms with E-state index < -0.39 is 10.0 Å². The number of benzene rings is 1. The second-order valence-electron chi connectivity index (χ2n) is 5.62. The Hall–Kier alpha value is -1.66. The summed E-state index contributed by atoms with van der Waals surface area (Å²) in [7, 11) is -3.50. The number of sulfonamides is 1. The Bertz CT molecular complexity index is 724. The van der Waals surface area contributed by atoms with Crippen molar-refractivity contribution in [3.05, 3.63) is 46.3 Å². The third-order valence-corrected chi connectivity index (χ3v) is 5.72. The molecule has 0 spiro atoms. The van der Waals surface area contributed by atoms with Crippen molar-refractivity contribution >= 4 is 10.0 Å². The molecule has 1 heterocycles. The summed E-state index contributed by atoms with van der Waals surface area (Å²) in [5, 5.41) is 3.63. The van der Waals surface area contributed by atoms with E-state index in [1.165, 1.54) is 0 Å². The van der Waals surface area contributed by atoms with Gasteiger partial charge in [0.25, 0.3) is 0 Å². The molecule has 1 aromatic heterocycles. The molecule has 2 rings (SSSR count). The van der Waals surface area contributed by atoms with Gasteiger partial charge in [-0.1, -0.05) is 11.2 Å². The van der Waals surface area contributed by atoms with Crippen LogP contribution in [0.25, 0.3) is 0 Å². The van der Waals surface area contributed by atoms with Crippen LogP contribution < -0.4 is 4.72 Å². The van der Waals surface area contributed by atoms with Gasteiger partial charge in [0.05, 0.1) is 11.1 Å². The number of nitrogens with zero attached hydrogens (tertiary/aromatic N) is 1. The Balaban J connectivity index is 2.10. The smallest absolute Gasteiger partial charge is 0.241 e. The Morgan fingerprint density at radius 2 is 1.77 bits per heavy atom. The molecule has 6 heteroatoms. The molecule has 22 heavy (non-hydrogen) atoms. The minimum absolute atomic E-state index is 0.388. The molecule has 0 saturated carbocycles. The van der Waals surface area contributed by atoms with Crippen molar-refractivity contribution in [1.29, 1.82) is 0 Å². The first-order valence-corrected chi connectivity index (χ1v) is 8.76. The average molecular weight is 322 g/mol. The summed E-state index contributed by atoms with van der Waals surface area (Å²) < 4.78 is 32.6. The molecular weight excluding hydrogens is 300 g/mol. The highest BCUT2D eigenvalue weighted by molar-refractivity contribution is 7.89. The first-order valence-electron chi connectivity index (χ1n) is 7.28. The Kier molecular flexibility index (Phi) is 5.03. The molecule has 5 nitrogen and oxygen atoms in total. The van der Waals surface area contributed by atoms with Gasteiger partial charge >= 0.3 is 0 Å². The normalized spacial score (nSPS) is 11.8. The lowest BCUT2D eigenvalue weighted by Gasteiger charge is -2.16. The van der Waals surface area contributed by atoms with Gasteiger partial charge in [0.15, 0.2) is 0 Å². The van der Waals surface area contributed by atoms with Crippen LogP contribution in [0.4, 0.5) is 0 Å². The Labute approximate surface area is 131 Å². The summed E-state index contributed by atoms with van der Waals surface area (Å²) in [4.78, 5) is 0.412. The number of aromatic nitrogens is 1. The zero-order valence-electron chi connectivity index (χ0n) is 13.4. The highest BCUT2D eigenvalue weighted by Gasteiger charge is 2.21. The van der Waals surface area contributed by atoms with Gasteiger partial charge in [-0.25, -0.2) is 13.1 Å². The van der Waals surface area contributed by atoms with Gasteiger partial charge in [-0.2, -0.15) is 0 Å². The molecule has 0 aliphatic carbocycles. The van der Waals surface area contributed by atoms with E-state index in [1.807, 2.05) is 33.8 Å². The fraction of sp³-hybridized carbons (Fsp3) is 0.438. The van der Waals surface area contributed by atoms with Crippen molar-refractivity contribution in [3.8, 4) is 0 Å². The summed E-state index contributed by atoms with van der Waals surface area (Å²) in [6, 6.07) is 2.02. The second-order valence-corrected chi connectivity index (χ2v) is 7.33. The molecule has 120 valence electrons. The van der Waals surface area contributed by atoms with Gasteiger partial charge < -0.3 is 4.52 Å². The predicted molar refractivity (Wildman–Crippen MR) is 85.4 cm³/mol. The van der Waals surface area contributed by atoms with Gasteiger partial charge in [-0.15, -0.1) is 0 Å². The largest absolute Gasteiger partial charge is 0.364 e. The molecule has 1 aromatic carbocycles. The molecule has 0 aliphatic rings. The van der Waals surface area contributed by atoms with Gasteiger partial charge in [-0.05, 0) is 62.8 Å². The summed E-state index contributed by atoms with van der Waals surface area (Å²) in [6.07, 6.45) is 4.65. The maximum Gasteiger partial charge on any atom is 0.241 e. The van der Waals surface area contributed by atoms with Crippen LogP contribution in [0.1, 0.15) is 34.2 Å². The minimum Gasteiger partial charge on any atom is -0.364 e. The van der Waals surface area contributed by atoms with Crippen molar-refractivity contribution in [2.24, 2.45) is 0 Å².